The zero-order valence-corrected chi connectivity index (χ0v) is 12.2. The van der Waals surface area contributed by atoms with Gasteiger partial charge in [-0.25, -0.2) is 13.8 Å². The molecule has 0 bridgehead atoms. The largest absolute Gasteiger partial charge is 0.375 e. The van der Waals surface area contributed by atoms with Crippen LogP contribution in [0.15, 0.2) is 16.6 Å². The lowest BCUT2D eigenvalue weighted by molar-refractivity contribution is 0.575. The quantitative estimate of drug-likeness (QED) is 0.836. The van der Waals surface area contributed by atoms with Gasteiger partial charge in [-0.05, 0) is 40.5 Å². The number of hydrogen-bond donors (Lipinski definition) is 1. The fourth-order valence-corrected chi connectivity index (χ4v) is 3.06. The fraction of sp³-hybridized carbons (Fsp3) is 0.250. The van der Waals surface area contributed by atoms with E-state index in [4.69, 9.17) is 5.73 Å². The Morgan fingerprint density at radius 3 is 2.56 bits per heavy atom. The van der Waals surface area contributed by atoms with Crippen molar-refractivity contribution in [3.05, 3.63) is 44.4 Å². The maximum atomic E-state index is 13.9. The summed E-state index contributed by atoms with van der Waals surface area (Å²) in [5.41, 5.74) is 6.68. The monoisotopic (exact) mass is 332 g/mol. The van der Waals surface area contributed by atoms with Crippen molar-refractivity contribution in [3.8, 4) is 0 Å². The molecule has 0 fully saturated rings. The minimum atomic E-state index is -0.478. The van der Waals surface area contributed by atoms with Gasteiger partial charge in [-0.3, -0.25) is 0 Å². The van der Waals surface area contributed by atoms with E-state index in [-0.39, 0.29) is 10.4 Å². The van der Waals surface area contributed by atoms with Crippen molar-refractivity contribution in [3.63, 3.8) is 0 Å². The first-order valence-corrected chi connectivity index (χ1v) is 6.88. The summed E-state index contributed by atoms with van der Waals surface area (Å²) in [7, 11) is 0. The van der Waals surface area contributed by atoms with Crippen LogP contribution >= 0.6 is 27.3 Å². The SMILES string of the molecule is Cc1nc(N)sc1C(C)c1cc(F)c(Br)cc1F. The van der Waals surface area contributed by atoms with Crippen LogP contribution in [0.4, 0.5) is 13.9 Å². The second kappa shape index (κ2) is 4.93. The number of aromatic nitrogens is 1. The van der Waals surface area contributed by atoms with Gasteiger partial charge < -0.3 is 5.73 Å². The van der Waals surface area contributed by atoms with Gasteiger partial charge in [0.25, 0.3) is 0 Å². The molecule has 0 spiro atoms. The topological polar surface area (TPSA) is 38.9 Å². The lowest BCUT2D eigenvalue weighted by Gasteiger charge is -2.12. The van der Waals surface area contributed by atoms with Crippen molar-refractivity contribution in [2.75, 3.05) is 5.73 Å². The summed E-state index contributed by atoms with van der Waals surface area (Å²) in [5.74, 6) is -1.20. The first-order chi connectivity index (χ1) is 8.40. The molecule has 1 aromatic carbocycles. The van der Waals surface area contributed by atoms with Gasteiger partial charge in [-0.1, -0.05) is 6.92 Å². The van der Waals surface area contributed by atoms with E-state index in [1.807, 2.05) is 13.8 Å². The highest BCUT2D eigenvalue weighted by atomic mass is 79.9. The highest BCUT2D eigenvalue weighted by molar-refractivity contribution is 9.10. The van der Waals surface area contributed by atoms with E-state index in [1.165, 1.54) is 17.4 Å². The Bertz CT molecular complexity index is 598. The number of nitrogens with zero attached hydrogens (tertiary/aromatic N) is 1. The van der Waals surface area contributed by atoms with Crippen molar-refractivity contribution in [2.24, 2.45) is 0 Å². The van der Waals surface area contributed by atoms with E-state index in [0.717, 1.165) is 16.6 Å². The molecule has 0 aliphatic heterocycles. The maximum absolute atomic E-state index is 13.9. The van der Waals surface area contributed by atoms with E-state index in [0.29, 0.717) is 10.7 Å². The molecule has 18 heavy (non-hydrogen) atoms. The molecule has 1 aromatic heterocycles. The molecule has 2 N–H and O–H groups in total. The van der Waals surface area contributed by atoms with Crippen LogP contribution in [0.25, 0.3) is 0 Å². The number of benzene rings is 1. The van der Waals surface area contributed by atoms with Crippen LogP contribution < -0.4 is 5.73 Å². The molecule has 0 aliphatic carbocycles. The summed E-state index contributed by atoms with van der Waals surface area (Å²) in [6.07, 6.45) is 0. The molecule has 0 saturated carbocycles. The van der Waals surface area contributed by atoms with Crippen LogP contribution in [0, 0.1) is 18.6 Å². The standard InChI is InChI=1S/C12H11BrF2N2S/c1-5(11-6(2)17-12(16)18-11)7-3-10(15)8(13)4-9(7)14/h3-5H,1-2H3,(H2,16,17). The summed E-state index contributed by atoms with van der Waals surface area (Å²) in [6.45, 7) is 3.62. The fourth-order valence-electron chi connectivity index (χ4n) is 1.84. The van der Waals surface area contributed by atoms with Crippen molar-refractivity contribution in [2.45, 2.75) is 19.8 Å². The Hall–Kier alpha value is -1.01. The molecular weight excluding hydrogens is 322 g/mol. The van der Waals surface area contributed by atoms with Crippen molar-refractivity contribution >= 4 is 32.4 Å². The van der Waals surface area contributed by atoms with Gasteiger partial charge in [-0.15, -0.1) is 11.3 Å². The average molecular weight is 333 g/mol. The number of thiazole rings is 1. The molecule has 2 rings (SSSR count). The van der Waals surface area contributed by atoms with Crippen LogP contribution in [0.2, 0.25) is 0 Å². The summed E-state index contributed by atoms with van der Waals surface area (Å²) in [5, 5.41) is 0.437. The molecule has 1 heterocycles. The first kappa shape index (κ1) is 13.4. The lowest BCUT2D eigenvalue weighted by atomic mass is 9.98. The number of aryl methyl sites for hydroxylation is 1. The molecule has 96 valence electrons. The zero-order valence-electron chi connectivity index (χ0n) is 9.80. The van der Waals surface area contributed by atoms with Gasteiger partial charge in [0.15, 0.2) is 5.13 Å². The van der Waals surface area contributed by atoms with Crippen LogP contribution in [0.1, 0.15) is 29.0 Å². The lowest BCUT2D eigenvalue weighted by Crippen LogP contribution is -2.00. The van der Waals surface area contributed by atoms with Gasteiger partial charge in [-0.2, -0.15) is 0 Å². The second-order valence-electron chi connectivity index (χ2n) is 4.01. The smallest absolute Gasteiger partial charge is 0.180 e. The second-order valence-corrected chi connectivity index (χ2v) is 5.93. The molecule has 6 heteroatoms. The van der Waals surface area contributed by atoms with Gasteiger partial charge >= 0.3 is 0 Å². The van der Waals surface area contributed by atoms with Gasteiger partial charge in [0.2, 0.25) is 0 Å². The number of rotatable bonds is 2. The number of hydrogen-bond acceptors (Lipinski definition) is 3. The summed E-state index contributed by atoms with van der Waals surface area (Å²) in [4.78, 5) is 4.95. The molecular formula is C12H11BrF2N2S. The van der Waals surface area contributed by atoms with E-state index in [2.05, 4.69) is 20.9 Å². The molecule has 1 atom stereocenters. The minimum Gasteiger partial charge on any atom is -0.375 e. The Balaban J connectivity index is 2.49. The first-order valence-electron chi connectivity index (χ1n) is 5.27. The van der Waals surface area contributed by atoms with Crippen LogP contribution in [0.3, 0.4) is 0 Å². The molecule has 2 aromatic rings. The van der Waals surface area contributed by atoms with Crippen LogP contribution in [-0.4, -0.2) is 4.98 Å². The van der Waals surface area contributed by atoms with Gasteiger partial charge in [0, 0.05) is 10.8 Å². The Morgan fingerprint density at radius 2 is 2.00 bits per heavy atom. The Morgan fingerprint density at radius 1 is 1.33 bits per heavy atom. The third-order valence-electron chi connectivity index (χ3n) is 2.75. The highest BCUT2D eigenvalue weighted by Crippen LogP contribution is 2.35. The van der Waals surface area contributed by atoms with Crippen LogP contribution in [-0.2, 0) is 0 Å². The zero-order chi connectivity index (χ0) is 13.4. The minimum absolute atomic E-state index is 0.122. The van der Waals surface area contributed by atoms with E-state index in [1.54, 1.807) is 0 Å². The molecule has 0 amide bonds. The summed E-state index contributed by atoms with van der Waals surface area (Å²) in [6, 6.07) is 2.35. The average Bonchev–Trinajstić information content (AvgIpc) is 2.62. The maximum Gasteiger partial charge on any atom is 0.180 e. The van der Waals surface area contributed by atoms with Gasteiger partial charge in [0.1, 0.15) is 11.6 Å². The molecule has 2 nitrogen and oxygen atoms in total. The number of anilines is 1. The van der Waals surface area contributed by atoms with E-state index < -0.39 is 11.6 Å². The van der Waals surface area contributed by atoms with Gasteiger partial charge in [0.05, 0.1) is 10.2 Å². The molecule has 1 unspecified atom stereocenters. The third-order valence-corrected chi connectivity index (χ3v) is 4.53. The molecule has 0 radical (unpaired) electrons. The number of nitrogens with two attached hydrogens (primary N) is 1. The Labute approximate surface area is 116 Å². The van der Waals surface area contributed by atoms with E-state index >= 15 is 0 Å². The highest BCUT2D eigenvalue weighted by Gasteiger charge is 2.20. The summed E-state index contributed by atoms with van der Waals surface area (Å²) >= 11 is 4.26. The molecule has 0 saturated heterocycles. The van der Waals surface area contributed by atoms with Crippen molar-refractivity contribution in [1.29, 1.82) is 0 Å². The third kappa shape index (κ3) is 2.40. The van der Waals surface area contributed by atoms with E-state index in [9.17, 15) is 8.78 Å². The predicted molar refractivity (Wildman–Crippen MR) is 72.8 cm³/mol. The normalized spacial score (nSPS) is 12.7. The van der Waals surface area contributed by atoms with Crippen LogP contribution in [0.5, 0.6) is 0 Å². The van der Waals surface area contributed by atoms with Crippen molar-refractivity contribution in [1.82, 2.24) is 4.98 Å². The predicted octanol–water partition coefficient (Wildman–Crippen LogP) is 4.23. The van der Waals surface area contributed by atoms with Crippen molar-refractivity contribution < 1.29 is 8.78 Å². The Kier molecular flexibility index (Phi) is 3.68. The summed E-state index contributed by atoms with van der Waals surface area (Å²) < 4.78 is 27.5. The molecule has 0 aliphatic rings. The number of nitrogen functional groups attached to an aromatic ring is 1. The number of halogens is 3.